The van der Waals surface area contributed by atoms with Gasteiger partial charge in [-0.05, 0) is 29.9 Å². The third-order valence-electron chi connectivity index (χ3n) is 2.97. The zero-order valence-electron chi connectivity index (χ0n) is 11.3. The first-order valence-corrected chi connectivity index (χ1v) is 8.32. The fourth-order valence-corrected chi connectivity index (χ4v) is 3.69. The van der Waals surface area contributed by atoms with Crippen LogP contribution in [0.3, 0.4) is 0 Å². The summed E-state index contributed by atoms with van der Waals surface area (Å²) >= 11 is 3.10. The van der Waals surface area contributed by atoms with Crippen LogP contribution in [0.5, 0.6) is 5.19 Å². The van der Waals surface area contributed by atoms with Gasteiger partial charge in [-0.25, -0.2) is 14.5 Å². The van der Waals surface area contributed by atoms with Crippen LogP contribution < -0.4 is 4.74 Å². The number of ether oxygens (including phenoxy) is 1. The minimum Gasteiger partial charge on any atom is -0.469 e. The summed E-state index contributed by atoms with van der Waals surface area (Å²) in [5.41, 5.74) is 1.87. The summed E-state index contributed by atoms with van der Waals surface area (Å²) in [6.07, 6.45) is 2.88. The van der Waals surface area contributed by atoms with Crippen LogP contribution in [0.25, 0.3) is 25.9 Å². The molecule has 0 aliphatic heterocycles. The van der Waals surface area contributed by atoms with Crippen molar-refractivity contribution >= 4 is 37.9 Å². The number of aromatic nitrogens is 4. The monoisotopic (exact) mass is 316 g/mol. The molecule has 4 aromatic rings. The lowest BCUT2D eigenvalue weighted by atomic mass is 10.3. The fourth-order valence-electron chi connectivity index (χ4n) is 2.01. The first-order valence-electron chi connectivity index (χ1n) is 6.68. The van der Waals surface area contributed by atoms with Crippen molar-refractivity contribution in [3.05, 3.63) is 30.5 Å². The minimum absolute atomic E-state index is 0.662. The molecule has 0 unspecified atom stereocenters. The molecule has 0 N–H and O–H groups in total. The van der Waals surface area contributed by atoms with Gasteiger partial charge in [-0.15, -0.1) is 16.4 Å². The summed E-state index contributed by atoms with van der Waals surface area (Å²) in [5.74, 6) is 0. The Kier molecular flexibility index (Phi) is 3.08. The summed E-state index contributed by atoms with van der Waals surface area (Å²) in [6, 6.07) is 8.11. The first kappa shape index (κ1) is 12.7. The highest BCUT2D eigenvalue weighted by Gasteiger charge is 2.13. The lowest BCUT2D eigenvalue weighted by Crippen LogP contribution is -1.94. The molecule has 0 aliphatic rings. The van der Waals surface area contributed by atoms with Gasteiger partial charge in [0.15, 0.2) is 0 Å². The van der Waals surface area contributed by atoms with Gasteiger partial charge in [0, 0.05) is 0 Å². The zero-order valence-corrected chi connectivity index (χ0v) is 12.9. The molecule has 3 heterocycles. The van der Waals surface area contributed by atoms with Gasteiger partial charge in [0.05, 0.1) is 23.0 Å². The molecule has 0 aliphatic carbocycles. The second-order valence-corrected chi connectivity index (χ2v) is 6.51. The van der Waals surface area contributed by atoms with Gasteiger partial charge in [-0.1, -0.05) is 19.1 Å². The summed E-state index contributed by atoms with van der Waals surface area (Å²) in [6.45, 7) is 2.76. The summed E-state index contributed by atoms with van der Waals surface area (Å²) in [7, 11) is 0. The van der Waals surface area contributed by atoms with Crippen LogP contribution in [0.15, 0.2) is 30.5 Å². The predicted octanol–water partition coefficient (Wildman–Crippen LogP) is 3.86. The molecule has 7 heteroatoms. The van der Waals surface area contributed by atoms with E-state index in [4.69, 9.17) is 4.74 Å². The van der Waals surface area contributed by atoms with E-state index in [1.165, 1.54) is 16.0 Å². The molecule has 0 radical (unpaired) electrons. The second kappa shape index (κ2) is 5.09. The van der Waals surface area contributed by atoms with E-state index in [9.17, 15) is 0 Å². The van der Waals surface area contributed by atoms with Gasteiger partial charge in [-0.2, -0.15) is 0 Å². The number of hydrogen-bond donors (Lipinski definition) is 0. The smallest absolute Gasteiger partial charge is 0.294 e. The minimum atomic E-state index is 0.662. The largest absolute Gasteiger partial charge is 0.469 e. The van der Waals surface area contributed by atoms with E-state index in [0.717, 1.165) is 27.6 Å². The first-order chi connectivity index (χ1) is 10.3. The third kappa shape index (κ3) is 2.28. The van der Waals surface area contributed by atoms with E-state index in [1.807, 2.05) is 24.4 Å². The van der Waals surface area contributed by atoms with Crippen molar-refractivity contribution in [3.8, 4) is 15.9 Å². The Balaban J connectivity index is 1.71. The molecule has 3 aromatic heterocycles. The average molecular weight is 316 g/mol. The Hall–Kier alpha value is -1.99. The molecular weight excluding hydrogens is 304 g/mol. The van der Waals surface area contributed by atoms with Crippen molar-refractivity contribution in [2.24, 2.45) is 0 Å². The maximum atomic E-state index is 5.53. The van der Waals surface area contributed by atoms with Crippen molar-refractivity contribution in [3.63, 3.8) is 0 Å². The number of fused-ring (bicyclic) bond motifs is 2. The molecule has 0 amide bonds. The van der Waals surface area contributed by atoms with E-state index in [2.05, 4.69) is 28.1 Å². The maximum Gasteiger partial charge on any atom is 0.294 e. The topological polar surface area (TPSA) is 52.3 Å². The number of thiazole rings is 1. The van der Waals surface area contributed by atoms with E-state index >= 15 is 0 Å². The fraction of sp³-hybridized carbons (Fsp3) is 0.214. The summed E-state index contributed by atoms with van der Waals surface area (Å²) < 4.78 is 8.46. The van der Waals surface area contributed by atoms with Crippen LogP contribution in [-0.2, 0) is 0 Å². The molecular formula is C14H12N4OS2. The number of nitrogens with zero attached hydrogens (tertiary/aromatic N) is 4. The standard InChI is InChI=1S/C14H12N4OS2/c1-2-7-19-14-17-18-8-10(16-13(18)21-14)12-15-9-5-3-4-6-11(9)20-12/h3-6,8H,2,7H2,1H3. The van der Waals surface area contributed by atoms with Crippen LogP contribution in [-0.4, -0.2) is 26.2 Å². The molecule has 0 saturated carbocycles. The molecule has 4 rings (SSSR count). The van der Waals surface area contributed by atoms with Gasteiger partial charge in [-0.3, -0.25) is 0 Å². The van der Waals surface area contributed by atoms with E-state index < -0.39 is 0 Å². The zero-order chi connectivity index (χ0) is 14.2. The molecule has 5 nitrogen and oxygen atoms in total. The highest BCUT2D eigenvalue weighted by molar-refractivity contribution is 7.21. The highest BCUT2D eigenvalue weighted by atomic mass is 32.1. The molecule has 0 atom stereocenters. The third-order valence-corrected chi connectivity index (χ3v) is 4.86. The SMILES string of the molecule is CCCOc1nn2cc(-c3nc4ccccc4s3)nc2s1. The van der Waals surface area contributed by atoms with Gasteiger partial charge in [0.25, 0.3) is 5.19 Å². The lowest BCUT2D eigenvalue weighted by molar-refractivity contribution is 0.312. The second-order valence-electron chi connectivity index (χ2n) is 4.56. The average Bonchev–Trinajstić information content (AvgIpc) is 3.16. The van der Waals surface area contributed by atoms with E-state index in [-0.39, 0.29) is 0 Å². The van der Waals surface area contributed by atoms with Crippen LogP contribution in [0.4, 0.5) is 0 Å². The molecule has 0 bridgehead atoms. The molecule has 21 heavy (non-hydrogen) atoms. The molecule has 106 valence electrons. The van der Waals surface area contributed by atoms with Gasteiger partial charge in [0.2, 0.25) is 4.96 Å². The van der Waals surface area contributed by atoms with Crippen molar-refractivity contribution < 1.29 is 4.74 Å². The van der Waals surface area contributed by atoms with Gasteiger partial charge in [0.1, 0.15) is 10.7 Å². The van der Waals surface area contributed by atoms with Crippen LogP contribution >= 0.6 is 22.7 Å². The molecule has 0 spiro atoms. The lowest BCUT2D eigenvalue weighted by Gasteiger charge is -1.95. The number of para-hydroxylation sites is 1. The molecule has 0 fully saturated rings. The Bertz CT molecular complexity index is 844. The van der Waals surface area contributed by atoms with Crippen LogP contribution in [0.1, 0.15) is 13.3 Å². The highest BCUT2D eigenvalue weighted by Crippen LogP contribution is 2.31. The van der Waals surface area contributed by atoms with Gasteiger partial charge >= 0.3 is 0 Å². The number of rotatable bonds is 4. The quantitative estimate of drug-likeness (QED) is 0.574. The number of imidazole rings is 1. The summed E-state index contributed by atoms with van der Waals surface area (Å²) in [5, 5.41) is 5.96. The normalized spacial score (nSPS) is 11.5. The predicted molar refractivity (Wildman–Crippen MR) is 85.3 cm³/mol. The van der Waals surface area contributed by atoms with Crippen molar-refractivity contribution in [2.75, 3.05) is 6.61 Å². The van der Waals surface area contributed by atoms with E-state index in [1.54, 1.807) is 15.9 Å². The van der Waals surface area contributed by atoms with E-state index in [0.29, 0.717) is 11.8 Å². The number of benzene rings is 1. The van der Waals surface area contributed by atoms with Crippen LogP contribution in [0.2, 0.25) is 0 Å². The Morgan fingerprint density at radius 1 is 1.19 bits per heavy atom. The maximum absolute atomic E-state index is 5.53. The van der Waals surface area contributed by atoms with Crippen molar-refractivity contribution in [2.45, 2.75) is 13.3 Å². The Morgan fingerprint density at radius 3 is 2.90 bits per heavy atom. The Morgan fingerprint density at radius 2 is 2.10 bits per heavy atom. The van der Waals surface area contributed by atoms with Crippen LogP contribution in [0, 0.1) is 0 Å². The van der Waals surface area contributed by atoms with Crippen molar-refractivity contribution in [1.29, 1.82) is 0 Å². The Labute approximate surface area is 128 Å². The van der Waals surface area contributed by atoms with Gasteiger partial charge < -0.3 is 4.74 Å². The molecule has 0 saturated heterocycles. The molecule has 1 aromatic carbocycles. The number of hydrogen-bond acceptors (Lipinski definition) is 6. The van der Waals surface area contributed by atoms with Crippen molar-refractivity contribution in [1.82, 2.24) is 19.6 Å². The summed E-state index contributed by atoms with van der Waals surface area (Å²) in [4.78, 5) is 10.0.